The maximum Gasteiger partial charge on any atom is 0.345 e. The highest BCUT2D eigenvalue weighted by Crippen LogP contribution is 2.29. The first-order chi connectivity index (χ1) is 16.9. The first kappa shape index (κ1) is 26.7. The molecule has 0 saturated carbocycles. The molecule has 0 radical (unpaired) electrons. The van der Waals surface area contributed by atoms with Crippen LogP contribution in [0, 0.1) is 0 Å². The quantitative estimate of drug-likeness (QED) is 0.176. The van der Waals surface area contributed by atoms with Crippen LogP contribution in [0.1, 0.15) is 28.4 Å². The number of aromatic nitrogens is 2. The van der Waals surface area contributed by atoms with Crippen LogP contribution in [0.25, 0.3) is 0 Å². The van der Waals surface area contributed by atoms with E-state index in [-0.39, 0.29) is 12.2 Å². The summed E-state index contributed by atoms with van der Waals surface area (Å²) in [7, 11) is 3.12. The van der Waals surface area contributed by atoms with Crippen molar-refractivity contribution < 1.29 is 19.0 Å². The number of methoxy groups -OCH3 is 2. The van der Waals surface area contributed by atoms with Gasteiger partial charge in [0.25, 0.3) is 0 Å². The van der Waals surface area contributed by atoms with E-state index in [4.69, 9.17) is 37.4 Å². The number of ether oxygens (including phenoxy) is 3. The maximum absolute atomic E-state index is 12.9. The molecule has 8 nitrogen and oxygen atoms in total. The molecule has 186 valence electrons. The summed E-state index contributed by atoms with van der Waals surface area (Å²) >= 11 is 13.9. The van der Waals surface area contributed by atoms with Gasteiger partial charge in [-0.2, -0.15) is 0 Å². The number of hydrogen-bond donors (Lipinski definition) is 2. The molecule has 0 unspecified atom stereocenters. The minimum absolute atomic E-state index is 0.212. The van der Waals surface area contributed by atoms with Crippen molar-refractivity contribution in [2.45, 2.75) is 25.2 Å². The highest BCUT2D eigenvalue weighted by molar-refractivity contribution is 7.98. The highest BCUT2D eigenvalue weighted by atomic mass is 35.5. The van der Waals surface area contributed by atoms with Crippen LogP contribution in [0.4, 0.5) is 11.6 Å². The van der Waals surface area contributed by atoms with Crippen molar-refractivity contribution >= 4 is 52.6 Å². The summed E-state index contributed by atoms with van der Waals surface area (Å²) in [6.45, 7) is 2.70. The molecule has 11 heteroatoms. The Balaban J connectivity index is 1.91. The Labute approximate surface area is 218 Å². The van der Waals surface area contributed by atoms with Crippen LogP contribution in [0.5, 0.6) is 11.5 Å². The SMILES string of the molecule is CCOC(=O)c1c(NCc2ccc(OC)c(Cl)c2)nc(SC)nc1NCc1ccc(OC)c(Cl)c1. The fraction of sp³-hybridized carbons (Fsp3) is 0.292. The second-order valence-electron chi connectivity index (χ2n) is 7.15. The normalized spacial score (nSPS) is 10.6. The van der Waals surface area contributed by atoms with Gasteiger partial charge in [0, 0.05) is 13.1 Å². The van der Waals surface area contributed by atoms with Gasteiger partial charge in [0.2, 0.25) is 0 Å². The van der Waals surface area contributed by atoms with E-state index in [9.17, 15) is 4.79 Å². The molecule has 0 aliphatic carbocycles. The van der Waals surface area contributed by atoms with E-state index < -0.39 is 5.97 Å². The van der Waals surface area contributed by atoms with Crippen molar-refractivity contribution in [3.63, 3.8) is 0 Å². The van der Waals surface area contributed by atoms with E-state index >= 15 is 0 Å². The molecule has 0 atom stereocenters. The zero-order valence-corrected chi connectivity index (χ0v) is 22.1. The molecule has 0 amide bonds. The zero-order valence-electron chi connectivity index (χ0n) is 19.8. The standard InChI is InChI=1S/C24H26Cl2N4O4S/c1-5-34-23(31)20-21(27-12-14-6-8-18(32-2)16(25)10-14)29-24(35-4)30-22(20)28-13-15-7-9-19(33-3)17(26)11-15/h6-11H,5,12-13H2,1-4H3,(H2,27,28,29,30). The number of esters is 1. The van der Waals surface area contributed by atoms with Gasteiger partial charge in [-0.15, -0.1) is 0 Å². The van der Waals surface area contributed by atoms with Gasteiger partial charge in [-0.3, -0.25) is 0 Å². The lowest BCUT2D eigenvalue weighted by molar-refractivity contribution is 0.0527. The van der Waals surface area contributed by atoms with Gasteiger partial charge in [0.05, 0.1) is 30.9 Å². The summed E-state index contributed by atoms with van der Waals surface area (Å²) in [6, 6.07) is 10.9. The number of nitrogens with one attached hydrogen (secondary N) is 2. The Kier molecular flexibility index (Phi) is 9.71. The largest absolute Gasteiger partial charge is 0.495 e. The lowest BCUT2D eigenvalue weighted by Gasteiger charge is -2.17. The van der Waals surface area contributed by atoms with Crippen LogP contribution >= 0.6 is 35.0 Å². The molecule has 0 saturated heterocycles. The molecule has 0 bridgehead atoms. The van der Waals surface area contributed by atoms with Crippen molar-refractivity contribution in [2.75, 3.05) is 37.7 Å². The second kappa shape index (κ2) is 12.7. The van der Waals surface area contributed by atoms with Gasteiger partial charge in [-0.25, -0.2) is 14.8 Å². The summed E-state index contributed by atoms with van der Waals surface area (Å²) < 4.78 is 15.7. The van der Waals surface area contributed by atoms with Crippen molar-refractivity contribution in [1.82, 2.24) is 9.97 Å². The molecule has 3 rings (SSSR count). The Bertz CT molecular complexity index is 1120. The van der Waals surface area contributed by atoms with Crippen LogP contribution in [0.15, 0.2) is 41.6 Å². The van der Waals surface area contributed by atoms with Crippen molar-refractivity contribution in [3.05, 3.63) is 63.1 Å². The first-order valence-electron chi connectivity index (χ1n) is 10.7. The van der Waals surface area contributed by atoms with E-state index in [1.165, 1.54) is 11.8 Å². The molecule has 0 spiro atoms. The molecule has 3 aromatic rings. The number of rotatable bonds is 11. The van der Waals surface area contributed by atoms with Crippen LogP contribution in [-0.2, 0) is 17.8 Å². The Morgan fingerprint density at radius 2 is 1.40 bits per heavy atom. The number of halogens is 2. The number of anilines is 2. The van der Waals surface area contributed by atoms with E-state index in [0.29, 0.717) is 51.4 Å². The molecule has 2 N–H and O–H groups in total. The summed E-state index contributed by atoms with van der Waals surface area (Å²) in [5.74, 6) is 1.33. The smallest absolute Gasteiger partial charge is 0.345 e. The number of hydrogen-bond acceptors (Lipinski definition) is 9. The number of thioether (sulfide) groups is 1. The van der Waals surface area contributed by atoms with Gasteiger partial charge < -0.3 is 24.8 Å². The van der Waals surface area contributed by atoms with E-state index in [2.05, 4.69) is 20.6 Å². The molecule has 0 aliphatic heterocycles. The Hall–Kier alpha value is -2.88. The van der Waals surface area contributed by atoms with E-state index in [0.717, 1.165) is 11.1 Å². The lowest BCUT2D eigenvalue weighted by atomic mass is 10.2. The molecule has 35 heavy (non-hydrogen) atoms. The number of benzene rings is 2. The van der Waals surface area contributed by atoms with Crippen LogP contribution in [0.3, 0.4) is 0 Å². The third-order valence-corrected chi connectivity index (χ3v) is 6.04. The Morgan fingerprint density at radius 3 is 1.77 bits per heavy atom. The monoisotopic (exact) mass is 536 g/mol. The zero-order chi connectivity index (χ0) is 25.4. The molecular weight excluding hydrogens is 511 g/mol. The van der Waals surface area contributed by atoms with Gasteiger partial charge in [-0.1, -0.05) is 47.1 Å². The molecule has 1 aromatic heterocycles. The molecule has 0 fully saturated rings. The summed E-state index contributed by atoms with van der Waals surface area (Å²) in [5.41, 5.74) is 1.98. The predicted molar refractivity (Wildman–Crippen MR) is 140 cm³/mol. The van der Waals surface area contributed by atoms with Gasteiger partial charge in [0.15, 0.2) is 5.16 Å². The average Bonchev–Trinajstić information content (AvgIpc) is 2.86. The maximum atomic E-state index is 12.9. The summed E-state index contributed by atoms with van der Waals surface area (Å²) in [6.07, 6.45) is 1.86. The summed E-state index contributed by atoms with van der Waals surface area (Å²) in [4.78, 5) is 22.0. The fourth-order valence-corrected chi connectivity index (χ4v) is 4.12. The van der Waals surface area contributed by atoms with Crippen LogP contribution in [0.2, 0.25) is 10.0 Å². The number of carbonyl (C=O) groups is 1. The Morgan fingerprint density at radius 1 is 0.914 bits per heavy atom. The van der Waals surface area contributed by atoms with Crippen LogP contribution in [-0.4, -0.2) is 43.0 Å². The number of nitrogens with zero attached hydrogens (tertiary/aromatic N) is 2. The van der Waals surface area contributed by atoms with Crippen molar-refractivity contribution in [1.29, 1.82) is 0 Å². The molecule has 2 aromatic carbocycles. The third kappa shape index (κ3) is 6.84. The minimum atomic E-state index is -0.536. The molecule has 1 heterocycles. The fourth-order valence-electron chi connectivity index (χ4n) is 3.20. The second-order valence-corrected chi connectivity index (χ2v) is 8.74. The topological polar surface area (TPSA) is 94.6 Å². The van der Waals surface area contributed by atoms with E-state index in [1.807, 2.05) is 18.4 Å². The predicted octanol–water partition coefficient (Wildman–Crippen LogP) is 5.92. The molecule has 0 aliphatic rings. The van der Waals surface area contributed by atoms with Crippen molar-refractivity contribution in [3.8, 4) is 11.5 Å². The molecular formula is C24H26Cl2N4O4S. The highest BCUT2D eigenvalue weighted by Gasteiger charge is 2.22. The summed E-state index contributed by atoms with van der Waals surface area (Å²) in [5, 5.41) is 7.93. The minimum Gasteiger partial charge on any atom is -0.495 e. The first-order valence-corrected chi connectivity index (χ1v) is 12.6. The van der Waals surface area contributed by atoms with Gasteiger partial charge in [-0.05, 0) is 48.6 Å². The van der Waals surface area contributed by atoms with Crippen LogP contribution < -0.4 is 20.1 Å². The third-order valence-electron chi connectivity index (χ3n) is 4.90. The average molecular weight is 537 g/mol. The van der Waals surface area contributed by atoms with Gasteiger partial charge in [0.1, 0.15) is 28.7 Å². The van der Waals surface area contributed by atoms with E-state index in [1.54, 1.807) is 45.4 Å². The lowest BCUT2D eigenvalue weighted by Crippen LogP contribution is -2.17. The van der Waals surface area contributed by atoms with Gasteiger partial charge >= 0.3 is 5.97 Å². The number of carbonyl (C=O) groups excluding carboxylic acids is 1. The van der Waals surface area contributed by atoms with Crippen molar-refractivity contribution in [2.24, 2.45) is 0 Å².